The number of hydrogen-bond acceptors (Lipinski definition) is 5. The summed E-state index contributed by atoms with van der Waals surface area (Å²) in [7, 11) is 6.36. The average Bonchev–Trinajstić information content (AvgIpc) is 3.31. The Bertz CT molecular complexity index is 1070. The van der Waals surface area contributed by atoms with Gasteiger partial charge in [0.2, 0.25) is 0 Å². The van der Waals surface area contributed by atoms with Gasteiger partial charge < -0.3 is 28.4 Å². The second kappa shape index (κ2) is 8.63. The quantitative estimate of drug-likeness (QED) is 0.605. The largest absolute Gasteiger partial charge is 0.497 e. The molecule has 7 heteroatoms. The van der Waals surface area contributed by atoms with Crippen molar-refractivity contribution in [2.24, 2.45) is 0 Å². The van der Waals surface area contributed by atoms with Crippen LogP contribution in [0.15, 0.2) is 54.7 Å². The van der Waals surface area contributed by atoms with Crippen LogP contribution in [0.2, 0.25) is 0 Å². The van der Waals surface area contributed by atoms with E-state index in [1.165, 1.54) is 0 Å². The molecule has 0 aliphatic carbocycles. The number of ether oxygens (including phenoxy) is 4. The maximum absolute atomic E-state index is 13.7. The third-order valence-corrected chi connectivity index (χ3v) is 5.62. The molecular formula is C24H26N2O5. The van der Waals surface area contributed by atoms with Crippen LogP contribution in [0, 0.1) is 0 Å². The van der Waals surface area contributed by atoms with Crippen LogP contribution in [0.5, 0.6) is 23.0 Å². The van der Waals surface area contributed by atoms with Crippen LogP contribution in [-0.4, -0.2) is 50.4 Å². The van der Waals surface area contributed by atoms with Crippen LogP contribution >= 0.6 is 0 Å². The molecule has 1 aromatic heterocycles. The molecule has 3 aromatic rings. The van der Waals surface area contributed by atoms with Crippen molar-refractivity contribution in [3.8, 4) is 23.0 Å². The lowest BCUT2D eigenvalue weighted by Gasteiger charge is -2.37. The van der Waals surface area contributed by atoms with E-state index in [1.54, 1.807) is 46.6 Å². The molecule has 1 unspecified atom stereocenters. The first-order valence-electron chi connectivity index (χ1n) is 10.0. The molecule has 1 aliphatic heterocycles. The predicted octanol–water partition coefficient (Wildman–Crippen LogP) is 3.77. The van der Waals surface area contributed by atoms with Crippen molar-refractivity contribution < 1.29 is 23.7 Å². The molecule has 1 atom stereocenters. The molecule has 31 heavy (non-hydrogen) atoms. The van der Waals surface area contributed by atoms with E-state index in [0.717, 1.165) is 17.8 Å². The zero-order valence-corrected chi connectivity index (χ0v) is 18.1. The number of benzene rings is 2. The maximum Gasteiger partial charge on any atom is 0.255 e. The lowest BCUT2D eigenvalue weighted by molar-refractivity contribution is 0.0663. The number of fused-ring (bicyclic) bond motifs is 1. The van der Waals surface area contributed by atoms with Gasteiger partial charge in [-0.25, -0.2) is 0 Å². The van der Waals surface area contributed by atoms with E-state index in [4.69, 9.17) is 18.9 Å². The number of carbonyl (C=O) groups is 1. The predicted molar refractivity (Wildman–Crippen MR) is 116 cm³/mol. The van der Waals surface area contributed by atoms with Gasteiger partial charge in [-0.2, -0.15) is 0 Å². The Morgan fingerprint density at radius 1 is 0.839 bits per heavy atom. The first kappa shape index (κ1) is 20.7. The summed E-state index contributed by atoms with van der Waals surface area (Å²) in [6.07, 6.45) is 2.04. The summed E-state index contributed by atoms with van der Waals surface area (Å²) >= 11 is 0. The fourth-order valence-electron chi connectivity index (χ4n) is 4.07. The Morgan fingerprint density at radius 2 is 1.55 bits per heavy atom. The molecule has 0 saturated carbocycles. The molecule has 4 rings (SSSR count). The Balaban J connectivity index is 1.79. The van der Waals surface area contributed by atoms with Gasteiger partial charge >= 0.3 is 0 Å². The first-order valence-corrected chi connectivity index (χ1v) is 10.0. The van der Waals surface area contributed by atoms with Crippen molar-refractivity contribution in [3.63, 3.8) is 0 Å². The number of carbonyl (C=O) groups excluding carboxylic acids is 1. The lowest BCUT2D eigenvalue weighted by Crippen LogP contribution is -2.42. The molecular weight excluding hydrogens is 396 g/mol. The first-order chi connectivity index (χ1) is 15.1. The Labute approximate surface area is 181 Å². The zero-order valence-electron chi connectivity index (χ0n) is 18.1. The van der Waals surface area contributed by atoms with Crippen LogP contribution in [0.1, 0.15) is 27.7 Å². The molecule has 162 valence electrons. The monoisotopic (exact) mass is 422 g/mol. The minimum atomic E-state index is -0.270. The van der Waals surface area contributed by atoms with E-state index in [0.29, 0.717) is 35.1 Å². The topological polar surface area (TPSA) is 62.2 Å². The van der Waals surface area contributed by atoms with Gasteiger partial charge in [0.05, 0.1) is 34.5 Å². The van der Waals surface area contributed by atoms with Crippen molar-refractivity contribution in [1.29, 1.82) is 0 Å². The number of methoxy groups -OCH3 is 4. The van der Waals surface area contributed by atoms with Crippen molar-refractivity contribution in [3.05, 3.63) is 71.5 Å². The smallest absolute Gasteiger partial charge is 0.255 e. The summed E-state index contributed by atoms with van der Waals surface area (Å²) in [5.74, 6) is 2.33. The van der Waals surface area contributed by atoms with E-state index in [9.17, 15) is 4.79 Å². The fraction of sp³-hybridized carbons (Fsp3) is 0.292. The number of hydrogen-bond donors (Lipinski definition) is 0. The van der Waals surface area contributed by atoms with Crippen LogP contribution in [-0.2, 0) is 6.54 Å². The van der Waals surface area contributed by atoms with Crippen LogP contribution in [0.4, 0.5) is 0 Å². The number of aromatic nitrogens is 1. The van der Waals surface area contributed by atoms with E-state index >= 15 is 0 Å². The van der Waals surface area contributed by atoms with E-state index < -0.39 is 0 Å². The van der Waals surface area contributed by atoms with Gasteiger partial charge in [0.15, 0.2) is 11.5 Å². The Kier molecular flexibility index (Phi) is 5.75. The van der Waals surface area contributed by atoms with Crippen molar-refractivity contribution in [2.75, 3.05) is 35.0 Å². The molecule has 1 aliphatic rings. The minimum absolute atomic E-state index is 0.0931. The van der Waals surface area contributed by atoms with E-state index in [2.05, 4.69) is 4.57 Å². The second-order valence-electron chi connectivity index (χ2n) is 7.24. The maximum atomic E-state index is 13.7. The zero-order chi connectivity index (χ0) is 22.0. The fourth-order valence-corrected chi connectivity index (χ4v) is 4.07. The van der Waals surface area contributed by atoms with Crippen LogP contribution < -0.4 is 18.9 Å². The van der Waals surface area contributed by atoms with Gasteiger partial charge in [-0.05, 0) is 42.0 Å². The van der Waals surface area contributed by atoms with E-state index in [1.807, 2.05) is 41.4 Å². The highest BCUT2D eigenvalue weighted by Gasteiger charge is 2.33. The number of amides is 1. The Hall–Kier alpha value is -3.61. The summed E-state index contributed by atoms with van der Waals surface area (Å²) < 4.78 is 23.8. The van der Waals surface area contributed by atoms with Gasteiger partial charge in [0, 0.05) is 36.6 Å². The van der Waals surface area contributed by atoms with Gasteiger partial charge in [0.1, 0.15) is 11.5 Å². The third kappa shape index (κ3) is 3.79. The van der Waals surface area contributed by atoms with Crippen molar-refractivity contribution in [1.82, 2.24) is 9.47 Å². The standard InChI is InChI=1S/C24H26N2O5/c1-28-18-12-17(13-19(15-18)29-2)24(27)26-11-10-25-9-5-6-20(25)23(26)16-7-8-21(30-3)22(14-16)31-4/h5-9,12-15,23H,10-11H2,1-4H3. The third-order valence-electron chi connectivity index (χ3n) is 5.62. The summed E-state index contributed by atoms with van der Waals surface area (Å²) in [5, 5.41) is 0. The minimum Gasteiger partial charge on any atom is -0.497 e. The molecule has 2 aromatic carbocycles. The summed E-state index contributed by atoms with van der Waals surface area (Å²) in [6, 6.07) is 14.8. The molecule has 0 fully saturated rings. The van der Waals surface area contributed by atoms with Crippen LogP contribution in [0.3, 0.4) is 0 Å². The highest BCUT2D eigenvalue weighted by molar-refractivity contribution is 5.95. The normalized spacial score (nSPS) is 15.2. The summed E-state index contributed by atoms with van der Waals surface area (Å²) in [5.41, 5.74) is 2.50. The molecule has 0 saturated heterocycles. The number of rotatable bonds is 6. The number of nitrogens with zero attached hydrogens (tertiary/aromatic N) is 2. The highest BCUT2D eigenvalue weighted by atomic mass is 16.5. The van der Waals surface area contributed by atoms with Crippen LogP contribution in [0.25, 0.3) is 0 Å². The molecule has 2 heterocycles. The van der Waals surface area contributed by atoms with Gasteiger partial charge in [0.25, 0.3) is 5.91 Å². The van der Waals surface area contributed by atoms with Crippen molar-refractivity contribution in [2.45, 2.75) is 12.6 Å². The SMILES string of the molecule is COc1cc(OC)cc(C(=O)N2CCn3cccc3C2c2ccc(OC)c(OC)c2)c1. The molecule has 0 bridgehead atoms. The average molecular weight is 422 g/mol. The lowest BCUT2D eigenvalue weighted by atomic mass is 9.98. The van der Waals surface area contributed by atoms with Gasteiger partial charge in [-0.1, -0.05) is 6.07 Å². The summed E-state index contributed by atoms with van der Waals surface area (Å²) in [6.45, 7) is 1.29. The molecule has 0 N–H and O–H groups in total. The molecule has 1 amide bonds. The Morgan fingerprint density at radius 3 is 2.19 bits per heavy atom. The van der Waals surface area contributed by atoms with E-state index in [-0.39, 0.29) is 11.9 Å². The van der Waals surface area contributed by atoms with Gasteiger partial charge in [-0.15, -0.1) is 0 Å². The molecule has 0 spiro atoms. The van der Waals surface area contributed by atoms with Crippen molar-refractivity contribution >= 4 is 5.91 Å². The van der Waals surface area contributed by atoms with Gasteiger partial charge in [-0.3, -0.25) is 4.79 Å². The molecule has 0 radical (unpaired) electrons. The highest BCUT2D eigenvalue weighted by Crippen LogP contribution is 2.38. The molecule has 7 nitrogen and oxygen atoms in total. The summed E-state index contributed by atoms with van der Waals surface area (Å²) in [4.78, 5) is 15.6. The second-order valence-corrected chi connectivity index (χ2v) is 7.24.